The van der Waals surface area contributed by atoms with E-state index in [0.29, 0.717) is 110 Å². The number of nitrogens with one attached hydrogen (secondary N) is 4. The van der Waals surface area contributed by atoms with Crippen molar-refractivity contribution in [2.45, 2.75) is 39.5 Å². The highest BCUT2D eigenvalue weighted by molar-refractivity contribution is 6.35. The third-order valence-corrected chi connectivity index (χ3v) is 11.8. The van der Waals surface area contributed by atoms with Crippen LogP contribution in [0.3, 0.4) is 0 Å². The molecule has 18 nitrogen and oxygen atoms in total. The second kappa shape index (κ2) is 28.3. The monoisotopic (exact) mass is 1010 g/mol. The maximum Gasteiger partial charge on any atom is 0.317 e. The number of carbonyl (C=O) groups is 3. The molecule has 2 heterocycles. The number of benzene rings is 4. The molecular weight excluding hydrogens is 962 g/mol. The van der Waals surface area contributed by atoms with Crippen LogP contribution in [0.15, 0.2) is 77.8 Å². The number of amides is 4. The van der Waals surface area contributed by atoms with E-state index in [0.717, 1.165) is 37.2 Å². The summed E-state index contributed by atoms with van der Waals surface area (Å²) in [6, 6.07) is 19.4. The molecule has 2 aliphatic heterocycles. The Morgan fingerprint density at radius 3 is 1.63 bits per heavy atom. The van der Waals surface area contributed by atoms with Gasteiger partial charge in [-0.25, -0.2) is 14.6 Å². The van der Waals surface area contributed by atoms with Crippen molar-refractivity contribution >= 4 is 93.1 Å². The first-order valence-corrected chi connectivity index (χ1v) is 23.5. The minimum absolute atomic E-state index is 0.0553. The number of hydrogen-bond acceptors (Lipinski definition) is 12. The van der Waals surface area contributed by atoms with Crippen LogP contribution in [0.2, 0.25) is 20.1 Å². The Morgan fingerprint density at radius 2 is 1.18 bits per heavy atom. The molecule has 0 atom stereocenters. The van der Waals surface area contributed by atoms with E-state index in [1.54, 1.807) is 66.4 Å². The van der Waals surface area contributed by atoms with E-state index in [9.17, 15) is 34.6 Å². The maximum absolute atomic E-state index is 12.6. The Bertz CT molecular complexity index is 2430. The first-order valence-electron chi connectivity index (χ1n) is 21.9. The number of hydrogen-bond donors (Lipinski definition) is 4. The van der Waals surface area contributed by atoms with Gasteiger partial charge in [-0.1, -0.05) is 58.5 Å². The van der Waals surface area contributed by atoms with Crippen molar-refractivity contribution in [2.24, 2.45) is 4.99 Å². The second-order valence-corrected chi connectivity index (χ2v) is 16.9. The second-order valence-electron chi connectivity index (χ2n) is 15.2. The molecular formula is C46H54Cl4N10O8. The number of nitro groups is 2. The van der Waals surface area contributed by atoms with Crippen LogP contribution in [0.25, 0.3) is 0 Å². The van der Waals surface area contributed by atoms with Crippen molar-refractivity contribution < 1.29 is 29.0 Å². The lowest BCUT2D eigenvalue weighted by atomic mass is 10.1. The van der Waals surface area contributed by atoms with Gasteiger partial charge in [0, 0.05) is 115 Å². The number of halogens is 4. The Kier molecular flexibility index (Phi) is 22.8. The molecule has 2 aliphatic rings. The molecule has 0 unspecified atom stereocenters. The van der Waals surface area contributed by atoms with E-state index in [-0.39, 0.29) is 34.4 Å². The van der Waals surface area contributed by atoms with Gasteiger partial charge >= 0.3 is 6.03 Å². The van der Waals surface area contributed by atoms with E-state index in [4.69, 9.17) is 51.2 Å². The molecule has 4 aromatic rings. The number of carbonyl (C=O) groups excluding carboxylic acids is 4. The predicted octanol–water partition coefficient (Wildman–Crippen LogP) is 8.13. The van der Waals surface area contributed by atoms with Gasteiger partial charge < -0.3 is 36.0 Å². The minimum Gasteiger partial charge on any atom is -0.365 e. The summed E-state index contributed by atoms with van der Waals surface area (Å²) < 4.78 is 0. The van der Waals surface area contributed by atoms with Crippen LogP contribution in [0.5, 0.6) is 0 Å². The highest BCUT2D eigenvalue weighted by atomic mass is 35.5. The number of rotatable bonds is 14. The standard InChI is InChI=1S/C23H27Cl2N5O4.C20H22Cl2N4O3.C3H5NO/c1-2-26-23(32)29-11-3-10-28(12-13-29)20-7-5-17(14-21(20)30(33)34)22(31)27-9-8-16-4-6-18(24)15-19(16)25;21-16-4-2-14(17(22)13-16)6-8-24-20(27)15-3-5-18(19(12-15)26(28)29)25-10-1-7-23-9-11-25;1-2-4-3-5/h4-7,14-15H,2-3,8-13H2,1H3,(H,26,32)(H,27,31);2-5,12-13,23H,1,6-11H2,(H,24,27);2H2,1H3. The average Bonchev–Trinajstić information content (AvgIpc) is 3.75. The minimum atomic E-state index is -0.480. The third-order valence-electron chi connectivity index (χ3n) is 10.6. The lowest BCUT2D eigenvalue weighted by molar-refractivity contribution is -0.384. The predicted molar refractivity (Wildman–Crippen MR) is 267 cm³/mol. The topological polar surface area (TPSA) is 225 Å². The summed E-state index contributed by atoms with van der Waals surface area (Å²) in [5.41, 5.74) is 2.96. The van der Waals surface area contributed by atoms with Gasteiger partial charge in [0.25, 0.3) is 23.2 Å². The van der Waals surface area contributed by atoms with Crippen molar-refractivity contribution in [2.75, 3.05) is 88.3 Å². The molecule has 364 valence electrons. The first-order chi connectivity index (χ1) is 32.7. The van der Waals surface area contributed by atoms with Gasteiger partial charge in [-0.05, 0) is 106 Å². The van der Waals surface area contributed by atoms with E-state index in [1.165, 1.54) is 18.2 Å². The normalized spacial score (nSPS) is 13.5. The Balaban J connectivity index is 0.000000272. The van der Waals surface area contributed by atoms with Crippen LogP contribution < -0.4 is 31.1 Å². The lowest BCUT2D eigenvalue weighted by Crippen LogP contribution is -2.42. The molecule has 0 saturated carbocycles. The van der Waals surface area contributed by atoms with Crippen molar-refractivity contribution in [1.82, 2.24) is 26.2 Å². The van der Waals surface area contributed by atoms with Gasteiger partial charge in [-0.2, -0.15) is 0 Å². The quantitative estimate of drug-likeness (QED) is 0.0408. The van der Waals surface area contributed by atoms with Crippen LogP contribution in [0.4, 0.5) is 27.5 Å². The van der Waals surface area contributed by atoms with E-state index >= 15 is 0 Å². The highest BCUT2D eigenvalue weighted by Gasteiger charge is 2.26. The molecule has 4 aromatic carbocycles. The van der Waals surface area contributed by atoms with Crippen LogP contribution in [-0.2, 0) is 17.6 Å². The van der Waals surface area contributed by atoms with Crippen molar-refractivity contribution in [3.63, 3.8) is 0 Å². The van der Waals surface area contributed by atoms with Gasteiger partial charge in [0.05, 0.1) is 9.85 Å². The fraction of sp³-hybridized carbons (Fsp3) is 0.391. The zero-order valence-corrected chi connectivity index (χ0v) is 40.7. The third kappa shape index (κ3) is 16.9. The summed E-state index contributed by atoms with van der Waals surface area (Å²) in [6.45, 7) is 10.6. The first kappa shape index (κ1) is 54.6. The Hall–Kier alpha value is -6.01. The smallest absolute Gasteiger partial charge is 0.317 e. The van der Waals surface area contributed by atoms with E-state index in [2.05, 4.69) is 26.3 Å². The molecule has 6 rings (SSSR count). The zero-order chi connectivity index (χ0) is 49.6. The Labute approximate surface area is 414 Å². The van der Waals surface area contributed by atoms with Gasteiger partial charge in [0.1, 0.15) is 11.4 Å². The Morgan fingerprint density at radius 1 is 0.662 bits per heavy atom. The van der Waals surface area contributed by atoms with Gasteiger partial charge in [0.15, 0.2) is 0 Å². The SMILES string of the molecule is CCN=C=O.CCNC(=O)N1CCCN(c2ccc(C(=O)NCCc3ccc(Cl)cc3Cl)cc2[N+](=O)[O-])CC1.O=C(NCCc1ccc(Cl)cc1Cl)c1ccc(N2CCCNCC2)c([N+](=O)[O-])c1. The molecule has 68 heavy (non-hydrogen) atoms. The number of isocyanates is 1. The van der Waals surface area contributed by atoms with Crippen molar-refractivity contribution in [1.29, 1.82) is 0 Å². The molecule has 0 radical (unpaired) electrons. The highest BCUT2D eigenvalue weighted by Crippen LogP contribution is 2.32. The van der Waals surface area contributed by atoms with E-state index < -0.39 is 15.8 Å². The fourth-order valence-corrected chi connectivity index (χ4v) is 8.21. The molecule has 2 fully saturated rings. The summed E-state index contributed by atoms with van der Waals surface area (Å²) >= 11 is 24.1. The van der Waals surface area contributed by atoms with Crippen molar-refractivity contribution in [3.8, 4) is 0 Å². The number of nitrogens with zero attached hydrogens (tertiary/aromatic N) is 6. The van der Waals surface area contributed by atoms with Crippen LogP contribution in [-0.4, -0.2) is 117 Å². The number of nitro benzene ring substituents is 2. The number of aliphatic imine (C=N–C) groups is 1. The van der Waals surface area contributed by atoms with Gasteiger partial charge in [0.2, 0.25) is 6.08 Å². The number of urea groups is 1. The molecule has 0 bridgehead atoms. The van der Waals surface area contributed by atoms with E-state index in [1.807, 2.05) is 22.8 Å². The lowest BCUT2D eigenvalue weighted by Gasteiger charge is -2.23. The fourth-order valence-electron chi connectivity index (χ4n) is 7.21. The van der Waals surface area contributed by atoms with Crippen LogP contribution >= 0.6 is 46.4 Å². The summed E-state index contributed by atoms with van der Waals surface area (Å²) in [4.78, 5) is 77.6. The molecule has 22 heteroatoms. The van der Waals surface area contributed by atoms with Crippen molar-refractivity contribution in [3.05, 3.63) is 135 Å². The maximum atomic E-state index is 12.6. The molecule has 4 N–H and O–H groups in total. The summed E-state index contributed by atoms with van der Waals surface area (Å²) in [6.07, 6.45) is 4.01. The largest absolute Gasteiger partial charge is 0.365 e. The summed E-state index contributed by atoms with van der Waals surface area (Å²) in [7, 11) is 0. The molecule has 0 spiro atoms. The van der Waals surface area contributed by atoms with Gasteiger partial charge in [-0.15, -0.1) is 0 Å². The summed E-state index contributed by atoms with van der Waals surface area (Å²) in [5.74, 6) is -0.764. The molecule has 2 saturated heterocycles. The number of anilines is 2. The molecule has 0 aliphatic carbocycles. The van der Waals surface area contributed by atoms with Crippen LogP contribution in [0.1, 0.15) is 58.5 Å². The summed E-state index contributed by atoms with van der Waals surface area (Å²) in [5, 5.41) is 37.2. The average molecular weight is 1020 g/mol. The zero-order valence-electron chi connectivity index (χ0n) is 37.7. The van der Waals surface area contributed by atoms with Crippen LogP contribution in [0, 0.1) is 20.2 Å². The van der Waals surface area contributed by atoms with Gasteiger partial charge in [-0.3, -0.25) is 29.8 Å². The molecule has 4 amide bonds. The molecule has 0 aromatic heterocycles.